The normalized spacial score (nSPS) is 11.3. The Morgan fingerprint density at radius 1 is 1.21 bits per heavy atom. The number of hydrogen-bond donors (Lipinski definition) is 0. The number of para-hydroxylation sites is 1. The summed E-state index contributed by atoms with van der Waals surface area (Å²) in [5, 5.41) is 11.0. The van der Waals surface area contributed by atoms with E-state index in [1.807, 2.05) is 6.07 Å². The Bertz CT molecular complexity index is 1140. The van der Waals surface area contributed by atoms with Gasteiger partial charge in [-0.3, -0.25) is 19.6 Å². The summed E-state index contributed by atoms with van der Waals surface area (Å²) in [7, 11) is 1.68. The lowest BCUT2D eigenvalue weighted by molar-refractivity contribution is -0.384. The van der Waals surface area contributed by atoms with Crippen molar-refractivity contribution in [3.05, 3.63) is 80.3 Å². The second-order valence-electron chi connectivity index (χ2n) is 6.03. The number of aliphatic imine (C=N–C) groups is 1. The molecule has 8 nitrogen and oxygen atoms in total. The highest BCUT2D eigenvalue weighted by molar-refractivity contribution is 5.86. The van der Waals surface area contributed by atoms with Crippen molar-refractivity contribution in [3.63, 3.8) is 0 Å². The van der Waals surface area contributed by atoms with Crippen molar-refractivity contribution < 1.29 is 18.4 Å². The Kier molecular flexibility index (Phi) is 5.53. The molecular formula is C19H16F2N4O4. The molecule has 29 heavy (non-hydrogen) atoms. The van der Waals surface area contributed by atoms with Gasteiger partial charge in [-0.2, -0.15) is 8.78 Å². The van der Waals surface area contributed by atoms with E-state index in [1.165, 1.54) is 4.68 Å². The fraction of sp³-hybridized carbons (Fsp3) is 0.158. The van der Waals surface area contributed by atoms with E-state index in [-0.39, 0.29) is 22.7 Å². The van der Waals surface area contributed by atoms with Crippen molar-refractivity contribution in [1.82, 2.24) is 9.36 Å². The summed E-state index contributed by atoms with van der Waals surface area (Å²) in [6, 6.07) is 12.0. The maximum atomic E-state index is 12.8. The third kappa shape index (κ3) is 4.05. The predicted octanol–water partition coefficient (Wildman–Crippen LogP) is 3.74. The SMILES string of the molecule is Cc1c(N=Cc2cc([N+](=O)[O-])ccc2OC(F)F)c(=O)n(-c2ccccc2)n1C. The van der Waals surface area contributed by atoms with Crippen LogP contribution in [0.1, 0.15) is 11.3 Å². The van der Waals surface area contributed by atoms with E-state index in [4.69, 9.17) is 0 Å². The van der Waals surface area contributed by atoms with Crippen LogP contribution in [0.2, 0.25) is 0 Å². The van der Waals surface area contributed by atoms with Gasteiger partial charge in [0.15, 0.2) is 5.69 Å². The fourth-order valence-corrected chi connectivity index (χ4v) is 2.79. The number of nitro benzene ring substituents is 1. The lowest BCUT2D eigenvalue weighted by atomic mass is 10.2. The molecule has 150 valence electrons. The third-order valence-corrected chi connectivity index (χ3v) is 4.28. The molecule has 2 aromatic carbocycles. The Hall–Kier alpha value is -3.82. The van der Waals surface area contributed by atoms with Crippen LogP contribution in [0, 0.1) is 17.0 Å². The number of rotatable bonds is 6. The Morgan fingerprint density at radius 2 is 1.90 bits per heavy atom. The van der Waals surface area contributed by atoms with E-state index in [0.29, 0.717) is 11.4 Å². The van der Waals surface area contributed by atoms with Gasteiger partial charge < -0.3 is 4.74 Å². The molecule has 0 N–H and O–H groups in total. The van der Waals surface area contributed by atoms with Gasteiger partial charge in [0.1, 0.15) is 5.75 Å². The molecule has 1 aromatic heterocycles. The number of benzene rings is 2. The Morgan fingerprint density at radius 3 is 2.52 bits per heavy atom. The lowest BCUT2D eigenvalue weighted by Gasteiger charge is -2.07. The maximum absolute atomic E-state index is 12.8. The van der Waals surface area contributed by atoms with Crippen LogP contribution < -0.4 is 10.3 Å². The minimum absolute atomic E-state index is 0.0478. The van der Waals surface area contributed by atoms with Crippen molar-refractivity contribution in [2.45, 2.75) is 13.5 Å². The highest BCUT2D eigenvalue weighted by atomic mass is 19.3. The van der Waals surface area contributed by atoms with Gasteiger partial charge >= 0.3 is 6.61 Å². The minimum atomic E-state index is -3.11. The van der Waals surface area contributed by atoms with Gasteiger partial charge in [-0.1, -0.05) is 18.2 Å². The first kappa shape index (κ1) is 19.9. The minimum Gasteiger partial charge on any atom is -0.434 e. The predicted molar refractivity (Wildman–Crippen MR) is 103 cm³/mol. The molecular weight excluding hydrogens is 386 g/mol. The zero-order valence-corrected chi connectivity index (χ0v) is 15.5. The van der Waals surface area contributed by atoms with Crippen LogP contribution in [0.15, 0.2) is 58.3 Å². The Labute approximate surface area is 163 Å². The molecule has 0 radical (unpaired) electrons. The number of non-ortho nitro benzene ring substituents is 1. The molecule has 0 unspecified atom stereocenters. The van der Waals surface area contributed by atoms with E-state index in [9.17, 15) is 23.7 Å². The molecule has 3 aromatic rings. The summed E-state index contributed by atoms with van der Waals surface area (Å²) < 4.78 is 32.7. The summed E-state index contributed by atoms with van der Waals surface area (Å²) in [6.07, 6.45) is 1.10. The van der Waals surface area contributed by atoms with Crippen molar-refractivity contribution in [2.75, 3.05) is 0 Å². The standard InChI is InChI=1S/C19H16F2N4O4/c1-12-17(18(26)24(23(12)2)14-6-4-3-5-7-14)22-11-13-10-15(25(27)28)8-9-16(13)29-19(20)21/h3-11,19H,1-2H3. The molecule has 0 amide bonds. The van der Waals surface area contributed by atoms with E-state index >= 15 is 0 Å². The van der Waals surface area contributed by atoms with Crippen LogP contribution in [0.3, 0.4) is 0 Å². The van der Waals surface area contributed by atoms with E-state index in [2.05, 4.69) is 9.73 Å². The van der Waals surface area contributed by atoms with Gasteiger partial charge in [0, 0.05) is 31.0 Å². The van der Waals surface area contributed by atoms with Gasteiger partial charge in [-0.05, 0) is 25.1 Å². The van der Waals surface area contributed by atoms with Gasteiger partial charge in [0.05, 0.1) is 16.3 Å². The molecule has 3 rings (SSSR count). The zero-order valence-electron chi connectivity index (χ0n) is 15.5. The summed E-state index contributed by atoms with van der Waals surface area (Å²) in [6.45, 7) is -1.44. The molecule has 10 heteroatoms. The number of aromatic nitrogens is 2. The van der Waals surface area contributed by atoms with Crippen molar-refractivity contribution in [2.24, 2.45) is 12.0 Å². The molecule has 0 spiro atoms. The lowest BCUT2D eigenvalue weighted by Crippen LogP contribution is -2.19. The van der Waals surface area contributed by atoms with Crippen LogP contribution in [-0.4, -0.2) is 27.1 Å². The highest BCUT2D eigenvalue weighted by Gasteiger charge is 2.17. The molecule has 0 saturated carbocycles. The summed E-state index contributed by atoms with van der Waals surface area (Å²) in [5.74, 6) is -0.286. The van der Waals surface area contributed by atoms with Crippen molar-refractivity contribution >= 4 is 17.6 Å². The second-order valence-corrected chi connectivity index (χ2v) is 6.03. The number of hydrogen-bond acceptors (Lipinski definition) is 5. The average molecular weight is 402 g/mol. The van der Waals surface area contributed by atoms with Crippen LogP contribution in [0.25, 0.3) is 5.69 Å². The first-order chi connectivity index (χ1) is 13.8. The monoisotopic (exact) mass is 402 g/mol. The van der Waals surface area contributed by atoms with E-state index in [1.54, 1.807) is 42.9 Å². The van der Waals surface area contributed by atoms with Crippen molar-refractivity contribution in [1.29, 1.82) is 0 Å². The molecule has 0 aliphatic carbocycles. The van der Waals surface area contributed by atoms with Crippen molar-refractivity contribution in [3.8, 4) is 11.4 Å². The second kappa shape index (κ2) is 8.05. The largest absolute Gasteiger partial charge is 0.434 e. The van der Waals surface area contributed by atoms with Crippen LogP contribution in [0.4, 0.5) is 20.2 Å². The third-order valence-electron chi connectivity index (χ3n) is 4.28. The van der Waals surface area contributed by atoms with Crippen LogP contribution >= 0.6 is 0 Å². The Balaban J connectivity index is 2.08. The molecule has 0 saturated heterocycles. The number of nitrogens with zero attached hydrogens (tertiary/aromatic N) is 4. The topological polar surface area (TPSA) is 91.7 Å². The number of nitro groups is 1. The summed E-state index contributed by atoms with van der Waals surface area (Å²) >= 11 is 0. The molecule has 0 atom stereocenters. The van der Waals surface area contributed by atoms with Gasteiger partial charge in [-0.25, -0.2) is 9.67 Å². The summed E-state index contributed by atoms with van der Waals surface area (Å²) in [4.78, 5) is 27.3. The average Bonchev–Trinajstić information content (AvgIpc) is 2.90. The van der Waals surface area contributed by atoms with Crippen LogP contribution in [-0.2, 0) is 7.05 Å². The molecule has 0 bridgehead atoms. The molecule has 0 aliphatic heterocycles. The van der Waals surface area contributed by atoms with Gasteiger partial charge in [-0.15, -0.1) is 0 Å². The number of halogens is 2. The van der Waals surface area contributed by atoms with E-state index in [0.717, 1.165) is 24.4 Å². The van der Waals surface area contributed by atoms with E-state index < -0.39 is 17.1 Å². The molecule has 0 aliphatic rings. The highest BCUT2D eigenvalue weighted by Crippen LogP contribution is 2.25. The molecule has 1 heterocycles. The van der Waals surface area contributed by atoms with Gasteiger partial charge in [0.25, 0.3) is 11.2 Å². The first-order valence-corrected chi connectivity index (χ1v) is 8.41. The summed E-state index contributed by atoms with van der Waals surface area (Å²) in [5.41, 5.74) is 0.437. The zero-order chi connectivity index (χ0) is 21.1. The molecule has 0 fully saturated rings. The maximum Gasteiger partial charge on any atom is 0.387 e. The fourth-order valence-electron chi connectivity index (χ4n) is 2.79. The quantitative estimate of drug-likeness (QED) is 0.357. The number of alkyl halides is 2. The van der Waals surface area contributed by atoms with Gasteiger partial charge in [0.2, 0.25) is 0 Å². The number of ether oxygens (including phenoxy) is 1. The smallest absolute Gasteiger partial charge is 0.387 e. The first-order valence-electron chi connectivity index (χ1n) is 8.41. The van der Waals surface area contributed by atoms with Crippen LogP contribution in [0.5, 0.6) is 5.75 Å².